The average molecular weight is 344 g/mol. The molecule has 0 saturated heterocycles. The summed E-state index contributed by atoms with van der Waals surface area (Å²) in [4.78, 5) is 0. The van der Waals surface area contributed by atoms with Gasteiger partial charge in [-0.25, -0.2) is 0 Å². The molecule has 0 aromatic rings. The fourth-order valence-corrected chi connectivity index (χ4v) is 5.82. The van der Waals surface area contributed by atoms with Crippen molar-refractivity contribution in [3.8, 4) is 0 Å². The van der Waals surface area contributed by atoms with Gasteiger partial charge in [0.15, 0.2) is 0 Å². The number of hydrogen-bond acceptors (Lipinski definition) is 1. The minimum atomic E-state index is 0.209. The summed E-state index contributed by atoms with van der Waals surface area (Å²) in [6, 6.07) is 0. The molecule has 0 bridgehead atoms. The van der Waals surface area contributed by atoms with Crippen molar-refractivity contribution in [1.29, 1.82) is 0 Å². The highest BCUT2D eigenvalue weighted by atomic mass is 127. The summed E-state index contributed by atoms with van der Waals surface area (Å²) in [5, 5.41) is 10.2. The van der Waals surface area contributed by atoms with E-state index in [4.69, 9.17) is 0 Å². The van der Waals surface area contributed by atoms with Crippen molar-refractivity contribution in [2.45, 2.75) is 51.9 Å². The molecule has 1 spiro atoms. The van der Waals surface area contributed by atoms with Gasteiger partial charge < -0.3 is 5.11 Å². The SMILES string of the molecule is CC12C(I)=CC=C(O)C1CCCC21CCCC1. The molecule has 3 rings (SSSR count). The first-order chi connectivity index (χ1) is 8.10. The monoisotopic (exact) mass is 344 g/mol. The van der Waals surface area contributed by atoms with Crippen LogP contribution in [-0.2, 0) is 0 Å². The molecule has 2 atom stereocenters. The molecule has 3 aliphatic rings. The van der Waals surface area contributed by atoms with Gasteiger partial charge in [0.25, 0.3) is 0 Å². The largest absolute Gasteiger partial charge is 0.512 e. The number of aliphatic hydroxyl groups excluding tert-OH is 1. The number of halogens is 1. The molecule has 2 saturated carbocycles. The first-order valence-corrected chi connectivity index (χ1v) is 7.95. The zero-order valence-electron chi connectivity index (χ0n) is 10.5. The Morgan fingerprint density at radius 2 is 1.82 bits per heavy atom. The molecule has 17 heavy (non-hydrogen) atoms. The molecule has 1 N–H and O–H groups in total. The van der Waals surface area contributed by atoms with Gasteiger partial charge in [0, 0.05) is 11.3 Å². The minimum Gasteiger partial charge on any atom is -0.512 e. The van der Waals surface area contributed by atoms with Crippen LogP contribution in [0.5, 0.6) is 0 Å². The number of aliphatic hydroxyl groups is 1. The van der Waals surface area contributed by atoms with Gasteiger partial charge in [-0.05, 0) is 69.4 Å². The first kappa shape index (κ1) is 12.1. The van der Waals surface area contributed by atoms with E-state index >= 15 is 0 Å². The lowest BCUT2D eigenvalue weighted by Crippen LogP contribution is -2.48. The maximum absolute atomic E-state index is 10.2. The van der Waals surface area contributed by atoms with Crippen LogP contribution in [0.25, 0.3) is 0 Å². The van der Waals surface area contributed by atoms with E-state index in [0.717, 1.165) is 0 Å². The number of fused-ring (bicyclic) bond motifs is 2. The van der Waals surface area contributed by atoms with Crippen molar-refractivity contribution in [3.05, 3.63) is 21.5 Å². The third-order valence-corrected chi connectivity index (χ3v) is 7.24. The van der Waals surface area contributed by atoms with Crippen LogP contribution in [0.3, 0.4) is 0 Å². The predicted molar refractivity (Wildman–Crippen MR) is 79.2 cm³/mol. The maximum atomic E-state index is 10.2. The summed E-state index contributed by atoms with van der Waals surface area (Å²) in [5.41, 5.74) is 0.687. The standard InChI is InChI=1S/C15H21IO/c1-14-11(12(17)6-7-13(14)16)5-4-10-15(14)8-2-3-9-15/h6-7,11,17H,2-5,8-10H2,1H3. The highest BCUT2D eigenvalue weighted by Gasteiger charge is 2.58. The van der Waals surface area contributed by atoms with Crippen LogP contribution in [0.15, 0.2) is 21.5 Å². The molecule has 1 nitrogen and oxygen atoms in total. The Morgan fingerprint density at radius 3 is 2.53 bits per heavy atom. The van der Waals surface area contributed by atoms with Crippen LogP contribution in [0, 0.1) is 16.7 Å². The Balaban J connectivity index is 2.09. The summed E-state index contributed by atoms with van der Waals surface area (Å²) in [6.45, 7) is 2.42. The van der Waals surface area contributed by atoms with Gasteiger partial charge in [-0.1, -0.05) is 26.2 Å². The predicted octanol–water partition coefficient (Wildman–Crippen LogP) is 5.13. The second-order valence-corrected chi connectivity index (χ2v) is 7.40. The molecule has 0 aliphatic heterocycles. The Bertz CT molecular complexity index is 390. The lowest BCUT2D eigenvalue weighted by atomic mass is 9.50. The van der Waals surface area contributed by atoms with E-state index in [1.165, 1.54) is 48.5 Å². The molecule has 3 aliphatic carbocycles. The Morgan fingerprint density at radius 1 is 1.18 bits per heavy atom. The van der Waals surface area contributed by atoms with E-state index < -0.39 is 0 Å². The Hall–Kier alpha value is 0.01000. The van der Waals surface area contributed by atoms with Crippen LogP contribution in [0.2, 0.25) is 0 Å². The summed E-state index contributed by atoms with van der Waals surface area (Å²) in [7, 11) is 0. The van der Waals surface area contributed by atoms with E-state index in [1.807, 2.05) is 6.08 Å². The average Bonchev–Trinajstić information content (AvgIpc) is 2.77. The molecule has 0 aromatic heterocycles. The molecular formula is C15H21IO. The van der Waals surface area contributed by atoms with Gasteiger partial charge in [-0.15, -0.1) is 0 Å². The fraction of sp³-hybridized carbons (Fsp3) is 0.733. The van der Waals surface area contributed by atoms with Crippen molar-refractivity contribution < 1.29 is 5.11 Å². The summed E-state index contributed by atoms with van der Waals surface area (Å²) < 4.78 is 1.47. The van der Waals surface area contributed by atoms with Crippen molar-refractivity contribution in [3.63, 3.8) is 0 Å². The van der Waals surface area contributed by atoms with E-state index in [0.29, 0.717) is 17.1 Å². The third kappa shape index (κ3) is 1.48. The quantitative estimate of drug-likeness (QED) is 0.604. The van der Waals surface area contributed by atoms with Gasteiger partial charge in [0.1, 0.15) is 0 Å². The van der Waals surface area contributed by atoms with Gasteiger partial charge in [-0.3, -0.25) is 0 Å². The van der Waals surface area contributed by atoms with Crippen LogP contribution in [0.4, 0.5) is 0 Å². The lowest BCUT2D eigenvalue weighted by Gasteiger charge is -2.56. The van der Waals surface area contributed by atoms with E-state index in [-0.39, 0.29) is 5.41 Å². The van der Waals surface area contributed by atoms with Gasteiger partial charge in [-0.2, -0.15) is 0 Å². The Kier molecular flexibility index (Phi) is 2.84. The third-order valence-electron chi connectivity index (χ3n) is 5.76. The molecule has 0 heterocycles. The van der Waals surface area contributed by atoms with Crippen LogP contribution in [0.1, 0.15) is 51.9 Å². The van der Waals surface area contributed by atoms with Crippen molar-refractivity contribution in [2.24, 2.45) is 16.7 Å². The highest BCUT2D eigenvalue weighted by Crippen LogP contribution is 2.67. The molecular weight excluding hydrogens is 323 g/mol. The van der Waals surface area contributed by atoms with Gasteiger partial charge in [0.05, 0.1) is 5.76 Å². The van der Waals surface area contributed by atoms with Crippen molar-refractivity contribution >= 4 is 22.6 Å². The lowest BCUT2D eigenvalue weighted by molar-refractivity contribution is -0.0113. The van der Waals surface area contributed by atoms with Crippen LogP contribution in [-0.4, -0.2) is 5.11 Å². The number of hydrogen-bond donors (Lipinski definition) is 1. The topological polar surface area (TPSA) is 20.2 Å². The van der Waals surface area contributed by atoms with Crippen molar-refractivity contribution in [1.82, 2.24) is 0 Å². The normalized spacial score (nSPS) is 39.8. The maximum Gasteiger partial charge on any atom is 0.0962 e. The van der Waals surface area contributed by atoms with E-state index in [1.54, 1.807) is 0 Å². The van der Waals surface area contributed by atoms with Gasteiger partial charge >= 0.3 is 0 Å². The van der Waals surface area contributed by atoms with Crippen LogP contribution >= 0.6 is 22.6 Å². The minimum absolute atomic E-state index is 0.209. The second kappa shape index (κ2) is 4.01. The number of allylic oxidation sites excluding steroid dienone is 4. The molecule has 2 fully saturated rings. The molecule has 94 valence electrons. The zero-order chi connectivity index (χ0) is 12.1. The van der Waals surface area contributed by atoms with Gasteiger partial charge in [0.2, 0.25) is 0 Å². The summed E-state index contributed by atoms with van der Waals surface area (Å²) >= 11 is 2.52. The molecule has 0 amide bonds. The van der Waals surface area contributed by atoms with E-state index in [9.17, 15) is 5.11 Å². The molecule has 0 radical (unpaired) electrons. The first-order valence-electron chi connectivity index (χ1n) is 6.87. The Labute approximate surface area is 118 Å². The highest BCUT2D eigenvalue weighted by molar-refractivity contribution is 14.1. The molecule has 2 heteroatoms. The van der Waals surface area contributed by atoms with E-state index in [2.05, 4.69) is 35.6 Å². The summed E-state index contributed by atoms with van der Waals surface area (Å²) in [6.07, 6.45) is 13.4. The molecule has 0 aromatic carbocycles. The fourth-order valence-electron chi connectivity index (χ4n) is 4.69. The zero-order valence-corrected chi connectivity index (χ0v) is 12.7. The molecule has 2 unspecified atom stereocenters. The second-order valence-electron chi connectivity index (χ2n) is 6.24. The number of rotatable bonds is 0. The smallest absolute Gasteiger partial charge is 0.0962 e. The van der Waals surface area contributed by atoms with Crippen LogP contribution < -0.4 is 0 Å². The summed E-state index contributed by atoms with van der Waals surface area (Å²) in [5.74, 6) is 1.02. The van der Waals surface area contributed by atoms with Crippen molar-refractivity contribution in [2.75, 3.05) is 0 Å².